The van der Waals surface area contributed by atoms with Crippen LogP contribution in [0.5, 0.6) is 0 Å². The molecule has 2 rings (SSSR count). The molecule has 6 nitrogen and oxygen atoms in total. The van der Waals surface area contributed by atoms with Gasteiger partial charge in [0, 0.05) is 39.3 Å². The minimum atomic E-state index is -3.32. The fraction of sp³-hybridized carbons (Fsp3) is 0.929. The van der Waals surface area contributed by atoms with E-state index in [-0.39, 0.29) is 6.04 Å². The van der Waals surface area contributed by atoms with Crippen LogP contribution in [0.2, 0.25) is 0 Å². The number of nitriles is 1. The van der Waals surface area contributed by atoms with Crippen molar-refractivity contribution < 1.29 is 8.42 Å². The normalized spacial score (nSPS) is 28.1. The van der Waals surface area contributed by atoms with E-state index in [1.54, 1.807) is 8.61 Å². The number of rotatable bonds is 4. The summed E-state index contributed by atoms with van der Waals surface area (Å²) in [4.78, 5) is 2.09. The molecule has 0 aromatic rings. The zero-order valence-electron chi connectivity index (χ0n) is 13.0. The maximum absolute atomic E-state index is 12.7. The zero-order valence-corrected chi connectivity index (χ0v) is 13.8. The topological polar surface area (TPSA) is 67.6 Å². The van der Waals surface area contributed by atoms with Crippen molar-refractivity contribution in [1.82, 2.24) is 13.5 Å². The summed E-state index contributed by atoms with van der Waals surface area (Å²) < 4.78 is 28.6. The summed E-state index contributed by atoms with van der Waals surface area (Å²) in [6, 6.07) is 2.20. The third kappa shape index (κ3) is 3.75. The summed E-state index contributed by atoms with van der Waals surface area (Å²) in [7, 11) is -3.32. The van der Waals surface area contributed by atoms with Crippen LogP contribution in [0.15, 0.2) is 0 Å². The molecule has 7 heteroatoms. The molecule has 21 heavy (non-hydrogen) atoms. The fourth-order valence-electron chi connectivity index (χ4n) is 3.20. The highest BCUT2D eigenvalue weighted by Crippen LogP contribution is 2.22. The fourth-order valence-corrected chi connectivity index (χ4v) is 4.95. The molecule has 0 N–H and O–H groups in total. The molecule has 2 heterocycles. The summed E-state index contributed by atoms with van der Waals surface area (Å²) in [6.45, 7) is 7.66. The average molecular weight is 314 g/mol. The molecule has 2 aliphatic rings. The van der Waals surface area contributed by atoms with Crippen LogP contribution in [-0.4, -0.2) is 67.2 Å². The SMILES string of the molecule is CCC(C#N)N1CCN(S(=O)(=O)N2CCCC(C)C2)CC1. The number of piperazine rings is 1. The predicted molar refractivity (Wildman–Crippen MR) is 81.7 cm³/mol. The van der Waals surface area contributed by atoms with Gasteiger partial charge in [-0.1, -0.05) is 13.8 Å². The van der Waals surface area contributed by atoms with Gasteiger partial charge in [-0.15, -0.1) is 0 Å². The largest absolute Gasteiger partial charge is 0.285 e. The van der Waals surface area contributed by atoms with Gasteiger partial charge in [0.15, 0.2) is 0 Å². The Kier molecular flexibility index (Phi) is 5.60. The van der Waals surface area contributed by atoms with Crippen LogP contribution in [0.1, 0.15) is 33.1 Å². The van der Waals surface area contributed by atoms with Crippen LogP contribution < -0.4 is 0 Å². The second-order valence-electron chi connectivity index (χ2n) is 6.10. The maximum atomic E-state index is 12.7. The van der Waals surface area contributed by atoms with E-state index in [1.165, 1.54) is 0 Å². The van der Waals surface area contributed by atoms with E-state index in [0.717, 1.165) is 19.3 Å². The first-order valence-electron chi connectivity index (χ1n) is 7.88. The minimum Gasteiger partial charge on any atom is -0.285 e. The predicted octanol–water partition coefficient (Wildman–Crippen LogP) is 0.883. The van der Waals surface area contributed by atoms with Gasteiger partial charge in [-0.25, -0.2) is 0 Å². The summed E-state index contributed by atoms with van der Waals surface area (Å²) >= 11 is 0. The molecular weight excluding hydrogens is 288 g/mol. The zero-order chi connectivity index (χ0) is 15.5. The molecule has 0 radical (unpaired) electrons. The number of hydrogen-bond acceptors (Lipinski definition) is 4. The van der Waals surface area contributed by atoms with E-state index in [9.17, 15) is 8.42 Å². The minimum absolute atomic E-state index is 0.0927. The lowest BCUT2D eigenvalue weighted by Gasteiger charge is -2.39. The van der Waals surface area contributed by atoms with E-state index in [4.69, 9.17) is 5.26 Å². The van der Waals surface area contributed by atoms with Crippen molar-refractivity contribution in [3.63, 3.8) is 0 Å². The molecule has 0 bridgehead atoms. The maximum Gasteiger partial charge on any atom is 0.282 e. The van der Waals surface area contributed by atoms with Gasteiger partial charge in [0.25, 0.3) is 10.2 Å². The lowest BCUT2D eigenvalue weighted by atomic mass is 10.0. The Morgan fingerprint density at radius 1 is 1.19 bits per heavy atom. The summed E-state index contributed by atoms with van der Waals surface area (Å²) in [5, 5.41) is 9.11. The van der Waals surface area contributed by atoms with E-state index in [2.05, 4.69) is 17.9 Å². The van der Waals surface area contributed by atoms with Crippen LogP contribution >= 0.6 is 0 Å². The highest BCUT2D eigenvalue weighted by atomic mass is 32.2. The van der Waals surface area contributed by atoms with Crippen LogP contribution in [0, 0.1) is 17.2 Å². The van der Waals surface area contributed by atoms with Gasteiger partial charge in [0.05, 0.1) is 12.1 Å². The van der Waals surface area contributed by atoms with Crippen molar-refractivity contribution in [2.75, 3.05) is 39.3 Å². The van der Waals surface area contributed by atoms with Crippen molar-refractivity contribution in [3.05, 3.63) is 0 Å². The Bertz CT molecular complexity index is 480. The van der Waals surface area contributed by atoms with E-state index >= 15 is 0 Å². The first-order valence-corrected chi connectivity index (χ1v) is 9.27. The standard InChI is InChI=1S/C14H26N4O2S/c1-3-14(11-15)16-7-9-17(10-8-16)21(19,20)18-6-4-5-13(2)12-18/h13-14H,3-10,12H2,1-2H3. The second kappa shape index (κ2) is 7.05. The van der Waals surface area contributed by atoms with Crippen LogP contribution in [0.25, 0.3) is 0 Å². The smallest absolute Gasteiger partial charge is 0.282 e. The summed E-state index contributed by atoms with van der Waals surface area (Å²) in [5.41, 5.74) is 0. The molecule has 2 saturated heterocycles. The highest BCUT2D eigenvalue weighted by molar-refractivity contribution is 7.86. The quantitative estimate of drug-likeness (QED) is 0.772. The Morgan fingerprint density at radius 2 is 1.86 bits per heavy atom. The Morgan fingerprint density at radius 3 is 2.38 bits per heavy atom. The van der Waals surface area contributed by atoms with E-state index in [1.807, 2.05) is 6.92 Å². The molecule has 120 valence electrons. The average Bonchev–Trinajstić information content (AvgIpc) is 2.49. The molecule has 0 aromatic heterocycles. The molecule has 0 aromatic carbocycles. The molecular formula is C14H26N4O2S. The highest BCUT2D eigenvalue weighted by Gasteiger charge is 2.35. The Balaban J connectivity index is 1.96. The lowest BCUT2D eigenvalue weighted by Crippen LogP contribution is -2.55. The van der Waals surface area contributed by atoms with Crippen molar-refractivity contribution >= 4 is 10.2 Å². The van der Waals surface area contributed by atoms with E-state index in [0.29, 0.717) is 45.2 Å². The third-order valence-electron chi connectivity index (χ3n) is 4.52. The Hall–Kier alpha value is -0.680. The number of nitrogens with zero attached hydrogens (tertiary/aromatic N) is 4. The van der Waals surface area contributed by atoms with Gasteiger partial charge in [-0.2, -0.15) is 22.3 Å². The second-order valence-corrected chi connectivity index (χ2v) is 8.03. The van der Waals surface area contributed by atoms with Gasteiger partial charge in [-0.3, -0.25) is 4.90 Å². The summed E-state index contributed by atoms with van der Waals surface area (Å²) in [5.74, 6) is 0.442. The molecule has 0 aliphatic carbocycles. The molecule has 0 amide bonds. The van der Waals surface area contributed by atoms with Crippen molar-refractivity contribution in [1.29, 1.82) is 5.26 Å². The molecule has 2 fully saturated rings. The molecule has 2 aliphatic heterocycles. The van der Waals surface area contributed by atoms with Gasteiger partial charge in [0.1, 0.15) is 0 Å². The number of piperidine rings is 1. The van der Waals surface area contributed by atoms with Gasteiger partial charge in [-0.05, 0) is 25.2 Å². The lowest BCUT2D eigenvalue weighted by molar-refractivity contribution is 0.151. The monoisotopic (exact) mass is 314 g/mol. The Labute approximate surface area is 128 Å². The number of hydrogen-bond donors (Lipinski definition) is 0. The van der Waals surface area contributed by atoms with Crippen LogP contribution in [-0.2, 0) is 10.2 Å². The molecule has 2 atom stereocenters. The van der Waals surface area contributed by atoms with Gasteiger partial charge in [0.2, 0.25) is 0 Å². The third-order valence-corrected chi connectivity index (χ3v) is 6.52. The van der Waals surface area contributed by atoms with Crippen LogP contribution in [0.3, 0.4) is 0 Å². The molecule has 0 spiro atoms. The van der Waals surface area contributed by atoms with Gasteiger partial charge >= 0.3 is 0 Å². The molecule has 2 unspecified atom stereocenters. The van der Waals surface area contributed by atoms with Gasteiger partial charge < -0.3 is 0 Å². The first-order chi connectivity index (χ1) is 9.98. The van der Waals surface area contributed by atoms with Crippen molar-refractivity contribution in [2.45, 2.75) is 39.2 Å². The first kappa shape index (κ1) is 16.7. The van der Waals surface area contributed by atoms with Crippen LogP contribution in [0.4, 0.5) is 0 Å². The summed E-state index contributed by atoms with van der Waals surface area (Å²) in [6.07, 6.45) is 2.85. The van der Waals surface area contributed by atoms with Crippen molar-refractivity contribution in [3.8, 4) is 6.07 Å². The van der Waals surface area contributed by atoms with E-state index < -0.39 is 10.2 Å². The van der Waals surface area contributed by atoms with Crippen molar-refractivity contribution in [2.24, 2.45) is 5.92 Å². The molecule has 0 saturated carbocycles.